The highest BCUT2D eigenvalue weighted by Crippen LogP contribution is 2.32. The molecule has 0 aromatic rings. The summed E-state index contributed by atoms with van der Waals surface area (Å²) in [5, 5.41) is 0. The summed E-state index contributed by atoms with van der Waals surface area (Å²) in [6.45, 7) is 13.1. The number of hydrogen-bond acceptors (Lipinski definition) is 2. The summed E-state index contributed by atoms with van der Waals surface area (Å²) >= 11 is 0. The van der Waals surface area contributed by atoms with E-state index in [1.54, 1.807) is 6.08 Å². The van der Waals surface area contributed by atoms with Crippen LogP contribution in [0.25, 0.3) is 0 Å². The van der Waals surface area contributed by atoms with E-state index < -0.39 is 17.2 Å². The number of ketones is 1. The van der Waals surface area contributed by atoms with E-state index in [-0.39, 0.29) is 17.6 Å². The Bertz CT molecular complexity index is 300. The lowest BCUT2D eigenvalue weighted by Crippen LogP contribution is -2.41. The van der Waals surface area contributed by atoms with Gasteiger partial charge in [-0.3, -0.25) is 9.59 Å². The van der Waals surface area contributed by atoms with Gasteiger partial charge in [-0.25, -0.2) is 0 Å². The fourth-order valence-electron chi connectivity index (χ4n) is 2.07. The van der Waals surface area contributed by atoms with Gasteiger partial charge in [0.25, 0.3) is 0 Å². The molecule has 0 saturated heterocycles. The lowest BCUT2D eigenvalue weighted by atomic mass is 9.71. The topological polar surface area (TPSA) is 60.2 Å². The molecule has 0 aliphatic carbocycles. The Morgan fingerprint density at radius 3 is 2.00 bits per heavy atom. The smallest absolute Gasteiger partial charge is 0.221 e. The maximum Gasteiger partial charge on any atom is 0.221 e. The van der Waals surface area contributed by atoms with E-state index in [1.807, 2.05) is 34.6 Å². The van der Waals surface area contributed by atoms with Crippen molar-refractivity contribution >= 4 is 11.7 Å². The average molecular weight is 239 g/mol. The summed E-state index contributed by atoms with van der Waals surface area (Å²) in [4.78, 5) is 23.9. The van der Waals surface area contributed by atoms with E-state index in [9.17, 15) is 9.59 Å². The van der Waals surface area contributed by atoms with Crippen molar-refractivity contribution in [3.8, 4) is 0 Å². The lowest BCUT2D eigenvalue weighted by molar-refractivity contribution is -0.138. The van der Waals surface area contributed by atoms with Gasteiger partial charge >= 0.3 is 0 Å². The minimum atomic E-state index is -0.455. The summed E-state index contributed by atoms with van der Waals surface area (Å²) < 4.78 is 0. The van der Waals surface area contributed by atoms with Crippen molar-refractivity contribution < 1.29 is 9.59 Å². The van der Waals surface area contributed by atoms with E-state index in [2.05, 4.69) is 6.58 Å². The molecule has 1 amide bonds. The summed E-state index contributed by atoms with van der Waals surface area (Å²) in [6.07, 6.45) is 2.11. The van der Waals surface area contributed by atoms with Crippen LogP contribution >= 0.6 is 0 Å². The van der Waals surface area contributed by atoms with Gasteiger partial charge in [0.1, 0.15) is 5.78 Å². The highest BCUT2D eigenvalue weighted by molar-refractivity contribution is 5.91. The fraction of sp³-hybridized carbons (Fsp3) is 0.714. The summed E-state index contributed by atoms with van der Waals surface area (Å²) in [5.41, 5.74) is 4.95. The Balaban J connectivity index is 5.26. The molecule has 0 radical (unpaired) electrons. The number of nitrogens with two attached hydrogens (primary N) is 1. The van der Waals surface area contributed by atoms with Gasteiger partial charge < -0.3 is 5.73 Å². The summed E-state index contributed by atoms with van der Waals surface area (Å²) in [5.74, 6) is -0.997. The zero-order valence-corrected chi connectivity index (χ0v) is 11.6. The van der Waals surface area contributed by atoms with Crippen molar-refractivity contribution in [1.82, 2.24) is 0 Å². The maximum atomic E-state index is 12.4. The van der Waals surface area contributed by atoms with Crippen LogP contribution in [0.2, 0.25) is 0 Å². The Labute approximate surface area is 104 Å². The average Bonchev–Trinajstić information content (AvgIpc) is 2.14. The Hall–Kier alpha value is -1.12. The molecule has 2 N–H and O–H groups in total. The molecule has 0 rings (SSSR count). The van der Waals surface area contributed by atoms with Crippen LogP contribution in [0.1, 0.15) is 41.0 Å². The summed E-state index contributed by atoms with van der Waals surface area (Å²) in [7, 11) is 0. The Morgan fingerprint density at radius 1 is 1.29 bits per heavy atom. The first-order valence-electron chi connectivity index (χ1n) is 6.07. The molecule has 0 bridgehead atoms. The third-order valence-electron chi connectivity index (χ3n) is 2.98. The molecule has 0 saturated carbocycles. The van der Waals surface area contributed by atoms with Crippen LogP contribution in [0, 0.1) is 23.2 Å². The van der Waals surface area contributed by atoms with Gasteiger partial charge in [0.2, 0.25) is 5.91 Å². The molecule has 0 unspecified atom stereocenters. The second kappa shape index (κ2) is 5.99. The number of primary amides is 1. The largest absolute Gasteiger partial charge is 0.369 e. The minimum absolute atomic E-state index is 0.0955. The predicted molar refractivity (Wildman–Crippen MR) is 70.3 cm³/mol. The number of allylic oxidation sites excluding steroid dienone is 1. The van der Waals surface area contributed by atoms with Crippen LogP contribution in [0.3, 0.4) is 0 Å². The minimum Gasteiger partial charge on any atom is -0.369 e. The van der Waals surface area contributed by atoms with Crippen molar-refractivity contribution in [3.63, 3.8) is 0 Å². The monoisotopic (exact) mass is 239 g/mol. The molecule has 0 aromatic carbocycles. The van der Waals surface area contributed by atoms with Crippen molar-refractivity contribution in [2.24, 2.45) is 28.9 Å². The first kappa shape index (κ1) is 15.9. The van der Waals surface area contributed by atoms with Gasteiger partial charge in [-0.2, -0.15) is 0 Å². The molecule has 0 fully saturated rings. The standard InChI is InChI=1S/C14H25NO2/c1-7-8-10(13(15)17)11(9(2)3)12(16)14(4,5)6/h7,9-11H,1,8H2,2-6H3,(H2,15,17)/t10-,11+/m0/s1. The third-order valence-corrected chi connectivity index (χ3v) is 2.98. The third kappa shape index (κ3) is 4.33. The van der Waals surface area contributed by atoms with E-state index in [1.165, 1.54) is 0 Å². The van der Waals surface area contributed by atoms with Crippen LogP contribution < -0.4 is 5.73 Å². The van der Waals surface area contributed by atoms with Crippen molar-refractivity contribution in [2.45, 2.75) is 41.0 Å². The second-order valence-corrected chi connectivity index (χ2v) is 5.92. The lowest BCUT2D eigenvalue weighted by Gasteiger charge is -2.31. The number of carbonyl (C=O) groups is 2. The highest BCUT2D eigenvalue weighted by Gasteiger charge is 2.38. The Morgan fingerprint density at radius 2 is 1.76 bits per heavy atom. The molecule has 0 aliphatic heterocycles. The van der Waals surface area contributed by atoms with Crippen molar-refractivity contribution in [3.05, 3.63) is 12.7 Å². The van der Waals surface area contributed by atoms with Crippen LogP contribution in [0.5, 0.6) is 0 Å². The molecular weight excluding hydrogens is 214 g/mol. The molecule has 17 heavy (non-hydrogen) atoms. The number of hydrogen-bond donors (Lipinski definition) is 1. The predicted octanol–water partition coefficient (Wildman–Crippen LogP) is 2.55. The van der Waals surface area contributed by atoms with Gasteiger partial charge in [0.05, 0.1) is 5.92 Å². The van der Waals surface area contributed by atoms with Gasteiger partial charge in [-0.1, -0.05) is 40.7 Å². The number of rotatable bonds is 6. The van der Waals surface area contributed by atoms with Gasteiger partial charge in [-0.15, -0.1) is 6.58 Å². The number of carbonyl (C=O) groups excluding carboxylic acids is 2. The molecule has 2 atom stereocenters. The Kier molecular flexibility index (Phi) is 5.59. The molecular formula is C14H25NO2. The van der Waals surface area contributed by atoms with Crippen LogP contribution in [0.4, 0.5) is 0 Å². The second-order valence-electron chi connectivity index (χ2n) is 5.92. The normalized spacial score (nSPS) is 15.4. The molecule has 0 spiro atoms. The maximum absolute atomic E-state index is 12.4. The first-order chi connectivity index (χ1) is 7.62. The van der Waals surface area contributed by atoms with Crippen LogP contribution in [0.15, 0.2) is 12.7 Å². The van der Waals surface area contributed by atoms with Gasteiger partial charge in [-0.05, 0) is 12.3 Å². The van der Waals surface area contributed by atoms with Crippen LogP contribution in [-0.2, 0) is 9.59 Å². The number of Topliss-reactive ketones (excluding diaryl/α,β-unsaturated/α-hetero) is 1. The zero-order chi connectivity index (χ0) is 13.8. The van der Waals surface area contributed by atoms with Gasteiger partial charge in [0, 0.05) is 11.3 Å². The van der Waals surface area contributed by atoms with Crippen molar-refractivity contribution in [1.29, 1.82) is 0 Å². The van der Waals surface area contributed by atoms with E-state index in [4.69, 9.17) is 5.73 Å². The van der Waals surface area contributed by atoms with Gasteiger partial charge in [0.15, 0.2) is 0 Å². The SMILES string of the molecule is C=CC[C@H](C(N)=O)[C@H](C(=O)C(C)(C)C)C(C)C. The molecule has 3 heteroatoms. The fourth-order valence-corrected chi connectivity index (χ4v) is 2.07. The zero-order valence-electron chi connectivity index (χ0n) is 11.6. The van der Waals surface area contributed by atoms with Crippen LogP contribution in [-0.4, -0.2) is 11.7 Å². The highest BCUT2D eigenvalue weighted by atomic mass is 16.1. The van der Waals surface area contributed by atoms with Crippen molar-refractivity contribution in [2.75, 3.05) is 0 Å². The number of amides is 1. The first-order valence-corrected chi connectivity index (χ1v) is 6.07. The quantitative estimate of drug-likeness (QED) is 0.724. The molecule has 3 nitrogen and oxygen atoms in total. The molecule has 0 aliphatic rings. The molecule has 0 aromatic heterocycles. The van der Waals surface area contributed by atoms with E-state index in [0.717, 1.165) is 0 Å². The van der Waals surface area contributed by atoms with E-state index in [0.29, 0.717) is 6.42 Å². The summed E-state index contributed by atoms with van der Waals surface area (Å²) in [6, 6.07) is 0. The molecule has 0 heterocycles. The molecule has 98 valence electrons. The van der Waals surface area contributed by atoms with E-state index >= 15 is 0 Å².